The maximum Gasteiger partial charge on any atom is 0.163 e. The van der Waals surface area contributed by atoms with Gasteiger partial charge in [-0.25, -0.2) is 4.39 Å². The number of fused-ring (bicyclic) bond motifs is 1. The largest absolute Gasteiger partial charge is 0.294 e. The summed E-state index contributed by atoms with van der Waals surface area (Å²) in [6.45, 7) is 2.09. The summed E-state index contributed by atoms with van der Waals surface area (Å²) in [5.74, 6) is 0.324. The molecule has 1 nitrogen and oxygen atoms in total. The van der Waals surface area contributed by atoms with E-state index in [1.165, 1.54) is 6.07 Å². The quantitative estimate of drug-likeness (QED) is 0.743. The zero-order chi connectivity index (χ0) is 13.4. The lowest BCUT2D eigenvalue weighted by Gasteiger charge is -2.21. The lowest BCUT2D eigenvalue weighted by atomic mass is 9.83. The maximum absolute atomic E-state index is 13.8. The van der Waals surface area contributed by atoms with Crippen molar-refractivity contribution < 1.29 is 9.18 Å². The summed E-state index contributed by atoms with van der Waals surface area (Å²) in [7, 11) is 0. The van der Waals surface area contributed by atoms with Crippen LogP contribution in [0, 0.1) is 11.7 Å². The highest BCUT2D eigenvalue weighted by atomic mass is 19.1. The van der Waals surface area contributed by atoms with E-state index in [1.807, 2.05) is 24.3 Å². The van der Waals surface area contributed by atoms with Gasteiger partial charge in [-0.3, -0.25) is 4.79 Å². The lowest BCUT2D eigenvalue weighted by molar-refractivity contribution is 0.0953. The van der Waals surface area contributed by atoms with Gasteiger partial charge in [-0.05, 0) is 35.6 Å². The van der Waals surface area contributed by atoms with E-state index in [2.05, 4.69) is 6.92 Å². The highest BCUT2D eigenvalue weighted by Gasteiger charge is 2.22. The van der Waals surface area contributed by atoms with Crippen molar-refractivity contribution in [2.75, 3.05) is 0 Å². The molecule has 0 bridgehead atoms. The fourth-order valence-corrected chi connectivity index (χ4v) is 2.75. The van der Waals surface area contributed by atoms with Crippen LogP contribution in [0.4, 0.5) is 4.39 Å². The fourth-order valence-electron chi connectivity index (χ4n) is 2.75. The number of carbonyl (C=O) groups excluding carboxylic acids is 1. The van der Waals surface area contributed by atoms with Gasteiger partial charge in [0.2, 0.25) is 0 Å². The summed E-state index contributed by atoms with van der Waals surface area (Å²) in [6.07, 6.45) is 1.52. The Hall–Kier alpha value is -1.96. The Bertz CT molecular complexity index is 645. The van der Waals surface area contributed by atoms with Crippen LogP contribution in [0.2, 0.25) is 0 Å². The van der Waals surface area contributed by atoms with Crippen LogP contribution < -0.4 is 0 Å². The molecular weight excluding hydrogens is 239 g/mol. The van der Waals surface area contributed by atoms with Gasteiger partial charge in [0.25, 0.3) is 0 Å². The van der Waals surface area contributed by atoms with Crippen molar-refractivity contribution in [3.05, 3.63) is 59.4 Å². The van der Waals surface area contributed by atoms with Gasteiger partial charge in [-0.2, -0.15) is 0 Å². The first-order chi connectivity index (χ1) is 9.15. The molecule has 3 rings (SSSR count). The van der Waals surface area contributed by atoms with Crippen molar-refractivity contribution in [2.45, 2.75) is 19.8 Å². The van der Waals surface area contributed by atoms with Gasteiger partial charge >= 0.3 is 0 Å². The van der Waals surface area contributed by atoms with Crippen LogP contribution in [0.1, 0.15) is 29.3 Å². The summed E-state index contributed by atoms with van der Waals surface area (Å²) in [6, 6.07) is 12.4. The minimum absolute atomic E-state index is 0.173. The molecule has 2 heteroatoms. The van der Waals surface area contributed by atoms with Crippen LogP contribution in [0.15, 0.2) is 42.5 Å². The second-order valence-electron chi connectivity index (χ2n) is 5.29. The zero-order valence-corrected chi connectivity index (χ0v) is 10.8. The molecule has 0 saturated carbocycles. The third kappa shape index (κ3) is 2.19. The molecular formula is C17H15FO. The minimum atomic E-state index is -0.251. The number of rotatable bonds is 1. The Balaban J connectivity index is 2.10. The van der Waals surface area contributed by atoms with Gasteiger partial charge < -0.3 is 0 Å². The number of carbonyl (C=O) groups is 1. The van der Waals surface area contributed by atoms with E-state index in [4.69, 9.17) is 0 Å². The predicted octanol–water partition coefficient (Wildman–Crippen LogP) is 4.26. The highest BCUT2D eigenvalue weighted by Crippen LogP contribution is 2.30. The van der Waals surface area contributed by atoms with Crippen molar-refractivity contribution in [1.82, 2.24) is 0 Å². The fraction of sp³-hybridized carbons (Fsp3) is 0.235. The summed E-state index contributed by atoms with van der Waals surface area (Å²) >= 11 is 0. The highest BCUT2D eigenvalue weighted by molar-refractivity contribution is 5.99. The van der Waals surface area contributed by atoms with E-state index in [0.29, 0.717) is 17.9 Å². The molecule has 96 valence electrons. The summed E-state index contributed by atoms with van der Waals surface area (Å²) in [5, 5.41) is 0. The maximum atomic E-state index is 13.8. The van der Waals surface area contributed by atoms with Crippen LogP contribution in [0.25, 0.3) is 11.1 Å². The van der Waals surface area contributed by atoms with Gasteiger partial charge in [-0.15, -0.1) is 0 Å². The third-order valence-electron chi connectivity index (χ3n) is 3.70. The third-order valence-corrected chi connectivity index (χ3v) is 3.70. The number of hydrogen-bond donors (Lipinski definition) is 0. The van der Waals surface area contributed by atoms with Crippen molar-refractivity contribution in [3.8, 4) is 11.1 Å². The number of benzene rings is 2. The molecule has 1 aliphatic rings. The van der Waals surface area contributed by atoms with E-state index in [9.17, 15) is 9.18 Å². The number of halogens is 1. The monoisotopic (exact) mass is 254 g/mol. The van der Waals surface area contributed by atoms with Gasteiger partial charge in [0.15, 0.2) is 5.78 Å². The predicted molar refractivity (Wildman–Crippen MR) is 73.7 cm³/mol. The molecule has 0 aromatic heterocycles. The first-order valence-corrected chi connectivity index (χ1v) is 6.56. The van der Waals surface area contributed by atoms with Crippen molar-refractivity contribution in [1.29, 1.82) is 0 Å². The van der Waals surface area contributed by atoms with Gasteiger partial charge in [0, 0.05) is 17.5 Å². The second kappa shape index (κ2) is 4.61. The molecule has 1 atom stereocenters. The first-order valence-electron chi connectivity index (χ1n) is 6.56. The number of Topliss-reactive ketones (excluding diaryl/α,β-unsaturated/α-hetero) is 1. The lowest BCUT2D eigenvalue weighted by Crippen LogP contribution is -2.17. The molecule has 0 fully saturated rings. The Kier molecular flexibility index (Phi) is 2.94. The number of ketones is 1. The molecule has 1 unspecified atom stereocenters. The zero-order valence-electron chi connectivity index (χ0n) is 10.8. The Morgan fingerprint density at radius 2 is 1.84 bits per heavy atom. The Labute approximate surface area is 112 Å². The molecule has 2 aromatic rings. The summed E-state index contributed by atoms with van der Waals surface area (Å²) < 4.78 is 13.8. The van der Waals surface area contributed by atoms with Crippen molar-refractivity contribution in [2.24, 2.45) is 5.92 Å². The van der Waals surface area contributed by atoms with Crippen LogP contribution >= 0.6 is 0 Å². The molecule has 19 heavy (non-hydrogen) atoms. The Morgan fingerprint density at radius 3 is 2.63 bits per heavy atom. The molecule has 0 amide bonds. The van der Waals surface area contributed by atoms with Gasteiger partial charge in [0.1, 0.15) is 5.82 Å². The van der Waals surface area contributed by atoms with Crippen LogP contribution in [-0.2, 0) is 6.42 Å². The first kappa shape index (κ1) is 12.1. The average Bonchev–Trinajstić information content (AvgIpc) is 2.39. The normalized spacial score (nSPS) is 18.2. The van der Waals surface area contributed by atoms with Crippen molar-refractivity contribution >= 4 is 5.78 Å². The molecule has 0 aliphatic heterocycles. The van der Waals surface area contributed by atoms with Gasteiger partial charge in [0.05, 0.1) is 0 Å². The minimum Gasteiger partial charge on any atom is -0.294 e. The van der Waals surface area contributed by atoms with E-state index in [1.54, 1.807) is 12.1 Å². The molecule has 0 spiro atoms. The average molecular weight is 254 g/mol. The SMILES string of the molecule is CC1CC(=O)c2cc(-c3ccccc3F)ccc2C1. The molecule has 2 aromatic carbocycles. The van der Waals surface area contributed by atoms with E-state index < -0.39 is 0 Å². The van der Waals surface area contributed by atoms with E-state index in [-0.39, 0.29) is 11.6 Å². The summed E-state index contributed by atoms with van der Waals surface area (Å²) in [5.41, 5.74) is 3.18. The molecule has 0 radical (unpaired) electrons. The van der Waals surface area contributed by atoms with E-state index >= 15 is 0 Å². The molecule has 0 heterocycles. The molecule has 0 N–H and O–H groups in total. The molecule has 0 saturated heterocycles. The molecule has 1 aliphatic carbocycles. The number of hydrogen-bond acceptors (Lipinski definition) is 1. The van der Waals surface area contributed by atoms with Crippen LogP contribution in [0.5, 0.6) is 0 Å². The topological polar surface area (TPSA) is 17.1 Å². The summed E-state index contributed by atoms with van der Waals surface area (Å²) in [4.78, 5) is 12.1. The van der Waals surface area contributed by atoms with Gasteiger partial charge in [-0.1, -0.05) is 37.3 Å². The Morgan fingerprint density at radius 1 is 1.05 bits per heavy atom. The van der Waals surface area contributed by atoms with Crippen molar-refractivity contribution in [3.63, 3.8) is 0 Å². The van der Waals surface area contributed by atoms with Crippen LogP contribution in [0.3, 0.4) is 0 Å². The smallest absolute Gasteiger partial charge is 0.163 e. The second-order valence-corrected chi connectivity index (χ2v) is 5.29. The standard InChI is InChI=1S/C17H15FO/c1-11-8-12-6-7-13(10-15(12)17(19)9-11)14-4-2-3-5-16(14)18/h2-7,10-11H,8-9H2,1H3. The van der Waals surface area contributed by atoms with E-state index in [0.717, 1.165) is 23.1 Å². The van der Waals surface area contributed by atoms with Crippen LogP contribution in [-0.4, -0.2) is 5.78 Å².